The van der Waals surface area contributed by atoms with Gasteiger partial charge in [0, 0.05) is 35.8 Å². The van der Waals surface area contributed by atoms with E-state index >= 15 is 0 Å². The van der Waals surface area contributed by atoms with Crippen LogP contribution < -0.4 is 14.8 Å². The Bertz CT molecular complexity index is 679. The maximum Gasteiger partial charge on any atom is 0.236 e. The Morgan fingerprint density at radius 3 is 2.57 bits per heavy atom. The second-order valence-electron chi connectivity index (χ2n) is 4.92. The molecule has 0 fully saturated rings. The van der Waals surface area contributed by atoms with Crippen molar-refractivity contribution in [3.8, 4) is 11.5 Å². The number of aliphatic hydroxyl groups excluding tert-OH is 1. The number of anilines is 1. The molecule has 2 aromatic rings. The van der Waals surface area contributed by atoms with Gasteiger partial charge in [0.2, 0.25) is 6.36 Å². The maximum atomic E-state index is 13.4. The number of hydrogen-bond donors (Lipinski definition) is 2. The summed E-state index contributed by atoms with van der Waals surface area (Å²) in [6.45, 7) is 1.26. The van der Waals surface area contributed by atoms with Gasteiger partial charge >= 0.3 is 0 Å². The fourth-order valence-electron chi connectivity index (χ4n) is 2.35. The molecule has 0 radical (unpaired) electrons. The molecule has 0 aliphatic heterocycles. The summed E-state index contributed by atoms with van der Waals surface area (Å²) in [6, 6.07) is 10.1. The molecule has 2 atom stereocenters. The Labute approximate surface area is 139 Å². The van der Waals surface area contributed by atoms with Crippen molar-refractivity contribution >= 4 is 17.3 Å². The van der Waals surface area contributed by atoms with Gasteiger partial charge in [-0.05, 0) is 24.3 Å². The van der Waals surface area contributed by atoms with Crippen molar-refractivity contribution in [3.05, 3.63) is 52.5 Å². The minimum absolute atomic E-state index is 0.166. The second-order valence-corrected chi connectivity index (χ2v) is 5.36. The van der Waals surface area contributed by atoms with E-state index in [2.05, 4.69) is 5.32 Å². The summed E-state index contributed by atoms with van der Waals surface area (Å²) in [4.78, 5) is 0. The minimum atomic E-state index is -1.54. The first-order valence-electron chi connectivity index (χ1n) is 7.10. The zero-order valence-electron chi connectivity index (χ0n) is 13.1. The lowest BCUT2D eigenvalue weighted by Gasteiger charge is -2.21. The molecule has 0 bridgehead atoms. The molecule has 23 heavy (non-hydrogen) atoms. The number of hydrogen-bond acceptors (Lipinski definition) is 4. The van der Waals surface area contributed by atoms with Crippen LogP contribution >= 0.6 is 11.6 Å². The van der Waals surface area contributed by atoms with Gasteiger partial charge in [-0.1, -0.05) is 23.7 Å². The first-order valence-corrected chi connectivity index (χ1v) is 7.48. The third-order valence-corrected chi connectivity index (χ3v) is 3.62. The lowest BCUT2D eigenvalue weighted by Crippen LogP contribution is -2.11. The number of nitrogens with one attached hydrogen (secondary N) is 1. The van der Waals surface area contributed by atoms with E-state index in [-0.39, 0.29) is 5.75 Å². The van der Waals surface area contributed by atoms with Crippen LogP contribution in [-0.2, 0) is 0 Å². The molecule has 2 aromatic carbocycles. The zero-order chi connectivity index (χ0) is 17.0. The van der Waals surface area contributed by atoms with Crippen molar-refractivity contribution in [3.63, 3.8) is 0 Å². The van der Waals surface area contributed by atoms with Crippen LogP contribution in [0.1, 0.15) is 24.2 Å². The normalized spacial score (nSPS) is 13.3. The molecule has 2 unspecified atom stereocenters. The molecule has 2 rings (SSSR count). The van der Waals surface area contributed by atoms with E-state index in [0.717, 1.165) is 0 Å². The Morgan fingerprint density at radius 1 is 1.22 bits per heavy atom. The fraction of sp³-hybridized carbons (Fsp3) is 0.294. The van der Waals surface area contributed by atoms with Gasteiger partial charge in [0.15, 0.2) is 11.5 Å². The van der Waals surface area contributed by atoms with Crippen LogP contribution in [0.5, 0.6) is 11.5 Å². The van der Waals surface area contributed by atoms with Gasteiger partial charge < -0.3 is 19.9 Å². The first kappa shape index (κ1) is 17.4. The molecule has 0 spiro atoms. The third-order valence-electron chi connectivity index (χ3n) is 3.38. The number of ether oxygens (including phenoxy) is 2. The maximum absolute atomic E-state index is 13.4. The standard InChI is InChI=1S/C17H19ClFNO3/c1-10(19)23-17-12(5-4-6-15(17)22-3)16(21)13-9-11(18)7-8-14(13)20-2/h4-10,16,20-21H,1-3H3. The van der Waals surface area contributed by atoms with Gasteiger partial charge in [-0.25, -0.2) is 4.39 Å². The number of benzene rings is 2. The largest absolute Gasteiger partial charge is 0.493 e. The Hall–Kier alpha value is -1.98. The van der Waals surface area contributed by atoms with E-state index in [1.54, 1.807) is 43.4 Å². The summed E-state index contributed by atoms with van der Waals surface area (Å²) >= 11 is 6.03. The van der Waals surface area contributed by atoms with E-state index in [1.165, 1.54) is 14.0 Å². The van der Waals surface area contributed by atoms with Crippen molar-refractivity contribution in [2.75, 3.05) is 19.5 Å². The van der Waals surface area contributed by atoms with Gasteiger partial charge in [-0.15, -0.1) is 0 Å². The molecule has 0 aromatic heterocycles. The van der Waals surface area contributed by atoms with E-state index in [4.69, 9.17) is 21.1 Å². The molecule has 0 aliphatic carbocycles. The predicted octanol–water partition coefficient (Wildman–Crippen LogP) is 4.17. The lowest BCUT2D eigenvalue weighted by molar-refractivity contribution is 0.0782. The molecule has 0 amide bonds. The van der Waals surface area contributed by atoms with Crippen molar-refractivity contribution in [1.82, 2.24) is 0 Å². The highest BCUT2D eigenvalue weighted by Gasteiger charge is 2.22. The van der Waals surface area contributed by atoms with Crippen LogP contribution in [0, 0.1) is 0 Å². The van der Waals surface area contributed by atoms with Crippen molar-refractivity contribution < 1.29 is 19.0 Å². The monoisotopic (exact) mass is 339 g/mol. The highest BCUT2D eigenvalue weighted by molar-refractivity contribution is 6.30. The van der Waals surface area contributed by atoms with Crippen LogP contribution in [0.3, 0.4) is 0 Å². The number of rotatable bonds is 6. The first-order chi connectivity index (χ1) is 11.0. The van der Waals surface area contributed by atoms with Crippen molar-refractivity contribution in [1.29, 1.82) is 0 Å². The van der Waals surface area contributed by atoms with Crippen LogP contribution in [-0.4, -0.2) is 25.6 Å². The average Bonchev–Trinajstić information content (AvgIpc) is 2.53. The van der Waals surface area contributed by atoms with Crippen molar-refractivity contribution in [2.24, 2.45) is 0 Å². The van der Waals surface area contributed by atoms with E-state index < -0.39 is 12.5 Å². The van der Waals surface area contributed by atoms with Crippen LogP contribution in [0.25, 0.3) is 0 Å². The summed E-state index contributed by atoms with van der Waals surface area (Å²) in [7, 11) is 3.20. The highest BCUT2D eigenvalue weighted by Crippen LogP contribution is 2.40. The molecule has 0 aliphatic rings. The predicted molar refractivity (Wildman–Crippen MR) is 89.3 cm³/mol. The molecule has 124 valence electrons. The summed E-state index contributed by atoms with van der Waals surface area (Å²) in [6.07, 6.45) is -2.60. The van der Waals surface area contributed by atoms with Gasteiger partial charge in [0.1, 0.15) is 6.10 Å². The van der Waals surface area contributed by atoms with Gasteiger partial charge in [-0.2, -0.15) is 0 Å². The molecule has 0 saturated heterocycles. The quantitative estimate of drug-likeness (QED) is 0.829. The molecule has 2 N–H and O–H groups in total. The van der Waals surface area contributed by atoms with Crippen LogP contribution in [0.15, 0.2) is 36.4 Å². The highest BCUT2D eigenvalue weighted by atomic mass is 35.5. The molecular formula is C17H19ClFNO3. The molecule has 0 heterocycles. The second kappa shape index (κ2) is 7.53. The molecule has 0 saturated carbocycles. The van der Waals surface area contributed by atoms with Gasteiger partial charge in [-0.3, -0.25) is 0 Å². The average molecular weight is 340 g/mol. The number of methoxy groups -OCH3 is 1. The van der Waals surface area contributed by atoms with Gasteiger partial charge in [0.05, 0.1) is 7.11 Å². The topological polar surface area (TPSA) is 50.7 Å². The third kappa shape index (κ3) is 3.86. The number of alkyl halides is 1. The van der Waals surface area contributed by atoms with Crippen LogP contribution in [0.2, 0.25) is 5.02 Å². The fourth-order valence-corrected chi connectivity index (χ4v) is 2.53. The van der Waals surface area contributed by atoms with E-state index in [1.807, 2.05) is 0 Å². The lowest BCUT2D eigenvalue weighted by atomic mass is 9.98. The number of halogens is 2. The Balaban J connectivity index is 2.55. The van der Waals surface area contributed by atoms with Crippen LogP contribution in [0.4, 0.5) is 10.1 Å². The SMILES string of the molecule is CNc1ccc(Cl)cc1C(O)c1cccc(OC)c1OC(C)F. The van der Waals surface area contributed by atoms with E-state index in [0.29, 0.717) is 27.6 Å². The van der Waals surface area contributed by atoms with Crippen molar-refractivity contribution in [2.45, 2.75) is 19.4 Å². The zero-order valence-corrected chi connectivity index (χ0v) is 13.9. The summed E-state index contributed by atoms with van der Waals surface area (Å²) in [5.74, 6) is 0.513. The minimum Gasteiger partial charge on any atom is -0.493 e. The number of para-hydroxylation sites is 1. The molecule has 4 nitrogen and oxygen atoms in total. The number of aliphatic hydroxyl groups is 1. The van der Waals surface area contributed by atoms with Gasteiger partial charge in [0.25, 0.3) is 0 Å². The summed E-state index contributed by atoms with van der Waals surface area (Å²) < 4.78 is 23.8. The Kier molecular flexibility index (Phi) is 5.69. The molecule has 6 heteroatoms. The molecular weight excluding hydrogens is 321 g/mol. The summed E-state index contributed by atoms with van der Waals surface area (Å²) in [5, 5.41) is 14.3. The Morgan fingerprint density at radius 2 is 1.96 bits per heavy atom. The summed E-state index contributed by atoms with van der Waals surface area (Å²) in [5.41, 5.74) is 1.67. The van der Waals surface area contributed by atoms with E-state index in [9.17, 15) is 9.50 Å². The smallest absolute Gasteiger partial charge is 0.236 e.